The van der Waals surface area contributed by atoms with E-state index in [-0.39, 0.29) is 11.6 Å². The molecule has 0 heterocycles. The summed E-state index contributed by atoms with van der Waals surface area (Å²) in [4.78, 5) is 12.3. The molecule has 0 aromatic heterocycles. The summed E-state index contributed by atoms with van der Waals surface area (Å²) in [6.07, 6.45) is 0. The number of ether oxygens (including phenoxy) is 1. The Morgan fingerprint density at radius 1 is 1.20 bits per heavy atom. The van der Waals surface area contributed by atoms with E-state index in [0.717, 1.165) is 5.56 Å². The standard InChI is InChI=1S/C16H14ClFO2/c1-10-3-4-12(9-14(10)20-2)16(19)15(17)11-5-7-13(18)8-6-11/h3-9,15H,1-2H3. The number of alkyl halides is 1. The molecule has 1 unspecified atom stereocenters. The van der Waals surface area contributed by atoms with Crippen LogP contribution in [0.4, 0.5) is 4.39 Å². The van der Waals surface area contributed by atoms with Crippen molar-refractivity contribution in [3.63, 3.8) is 0 Å². The third-order valence-electron chi connectivity index (χ3n) is 3.09. The number of benzene rings is 2. The van der Waals surface area contributed by atoms with Crippen molar-refractivity contribution in [2.45, 2.75) is 12.3 Å². The van der Waals surface area contributed by atoms with Gasteiger partial charge in [0, 0.05) is 5.56 Å². The monoisotopic (exact) mass is 292 g/mol. The molecule has 0 saturated heterocycles. The highest BCUT2D eigenvalue weighted by atomic mass is 35.5. The molecule has 2 aromatic carbocycles. The minimum absolute atomic E-state index is 0.239. The van der Waals surface area contributed by atoms with Crippen molar-refractivity contribution in [3.05, 3.63) is 65.0 Å². The Labute approximate surface area is 122 Å². The van der Waals surface area contributed by atoms with Crippen LogP contribution in [0.2, 0.25) is 0 Å². The molecule has 20 heavy (non-hydrogen) atoms. The fourth-order valence-corrected chi connectivity index (χ4v) is 2.17. The van der Waals surface area contributed by atoms with Gasteiger partial charge in [-0.3, -0.25) is 4.79 Å². The van der Waals surface area contributed by atoms with E-state index >= 15 is 0 Å². The van der Waals surface area contributed by atoms with Crippen LogP contribution in [0.1, 0.15) is 26.9 Å². The second kappa shape index (κ2) is 6.06. The van der Waals surface area contributed by atoms with Crippen LogP contribution < -0.4 is 4.74 Å². The zero-order valence-electron chi connectivity index (χ0n) is 11.2. The molecule has 4 heteroatoms. The van der Waals surface area contributed by atoms with E-state index in [4.69, 9.17) is 16.3 Å². The van der Waals surface area contributed by atoms with E-state index in [0.29, 0.717) is 16.9 Å². The zero-order chi connectivity index (χ0) is 14.7. The maximum atomic E-state index is 12.9. The number of hydrogen-bond donors (Lipinski definition) is 0. The second-order valence-electron chi connectivity index (χ2n) is 4.46. The quantitative estimate of drug-likeness (QED) is 0.620. The summed E-state index contributed by atoms with van der Waals surface area (Å²) < 4.78 is 18.1. The summed E-state index contributed by atoms with van der Waals surface area (Å²) in [5.74, 6) is 0.0393. The van der Waals surface area contributed by atoms with Crippen molar-refractivity contribution < 1.29 is 13.9 Å². The Morgan fingerprint density at radius 2 is 1.85 bits per heavy atom. The summed E-state index contributed by atoms with van der Waals surface area (Å²) in [5, 5.41) is -0.844. The largest absolute Gasteiger partial charge is 0.496 e. The van der Waals surface area contributed by atoms with Crippen LogP contribution in [0.15, 0.2) is 42.5 Å². The van der Waals surface area contributed by atoms with Crippen LogP contribution in [0, 0.1) is 12.7 Å². The molecule has 0 fully saturated rings. The average molecular weight is 293 g/mol. The Hall–Kier alpha value is -1.87. The maximum absolute atomic E-state index is 12.9. The molecular formula is C16H14ClFO2. The van der Waals surface area contributed by atoms with Gasteiger partial charge in [0.05, 0.1) is 7.11 Å². The number of rotatable bonds is 4. The third-order valence-corrected chi connectivity index (χ3v) is 3.54. The molecule has 2 rings (SSSR count). The number of carbonyl (C=O) groups excluding carboxylic acids is 1. The smallest absolute Gasteiger partial charge is 0.185 e. The van der Waals surface area contributed by atoms with E-state index in [1.807, 2.05) is 6.92 Å². The van der Waals surface area contributed by atoms with Gasteiger partial charge in [-0.25, -0.2) is 4.39 Å². The van der Waals surface area contributed by atoms with Gasteiger partial charge in [-0.2, -0.15) is 0 Å². The van der Waals surface area contributed by atoms with Crippen LogP contribution in [-0.2, 0) is 0 Å². The van der Waals surface area contributed by atoms with E-state index in [1.165, 1.54) is 24.3 Å². The van der Waals surface area contributed by atoms with Gasteiger partial charge in [-0.05, 0) is 36.2 Å². The van der Waals surface area contributed by atoms with Gasteiger partial charge >= 0.3 is 0 Å². The van der Waals surface area contributed by atoms with Crippen LogP contribution in [-0.4, -0.2) is 12.9 Å². The van der Waals surface area contributed by atoms with Crippen LogP contribution >= 0.6 is 11.6 Å². The van der Waals surface area contributed by atoms with Gasteiger partial charge in [-0.15, -0.1) is 11.6 Å². The summed E-state index contributed by atoms with van der Waals surface area (Å²) in [6.45, 7) is 1.89. The summed E-state index contributed by atoms with van der Waals surface area (Å²) >= 11 is 6.17. The number of Topliss-reactive ketones (excluding diaryl/α,β-unsaturated/α-hetero) is 1. The van der Waals surface area contributed by atoms with Crippen molar-refractivity contribution >= 4 is 17.4 Å². The molecule has 0 aliphatic heterocycles. The molecule has 0 radical (unpaired) electrons. The number of aryl methyl sites for hydroxylation is 1. The number of halogens is 2. The predicted molar refractivity (Wildman–Crippen MR) is 77.1 cm³/mol. The van der Waals surface area contributed by atoms with Crippen LogP contribution in [0.25, 0.3) is 0 Å². The second-order valence-corrected chi connectivity index (χ2v) is 4.90. The van der Waals surface area contributed by atoms with Crippen LogP contribution in [0.3, 0.4) is 0 Å². The lowest BCUT2D eigenvalue weighted by Gasteiger charge is -2.11. The van der Waals surface area contributed by atoms with Crippen molar-refractivity contribution in [1.82, 2.24) is 0 Å². The zero-order valence-corrected chi connectivity index (χ0v) is 11.9. The number of ketones is 1. The fraction of sp³-hybridized carbons (Fsp3) is 0.188. The minimum Gasteiger partial charge on any atom is -0.496 e. The third kappa shape index (κ3) is 2.99. The Balaban J connectivity index is 2.28. The van der Waals surface area contributed by atoms with Gasteiger partial charge in [0.15, 0.2) is 5.78 Å². The molecule has 1 atom stereocenters. The Bertz CT molecular complexity index is 623. The highest BCUT2D eigenvalue weighted by Crippen LogP contribution is 2.28. The lowest BCUT2D eigenvalue weighted by Crippen LogP contribution is -2.08. The number of hydrogen-bond acceptors (Lipinski definition) is 2. The van der Waals surface area contributed by atoms with Gasteiger partial charge in [-0.1, -0.05) is 24.3 Å². The topological polar surface area (TPSA) is 26.3 Å². The first kappa shape index (κ1) is 14.5. The van der Waals surface area contributed by atoms with Crippen molar-refractivity contribution in [2.75, 3.05) is 7.11 Å². The first-order chi connectivity index (χ1) is 9.52. The Morgan fingerprint density at radius 3 is 2.45 bits per heavy atom. The van der Waals surface area contributed by atoms with E-state index in [1.54, 1.807) is 25.3 Å². The van der Waals surface area contributed by atoms with Crippen LogP contribution in [0.5, 0.6) is 5.75 Å². The molecule has 0 saturated carbocycles. The molecule has 104 valence electrons. The molecule has 0 spiro atoms. The summed E-state index contributed by atoms with van der Waals surface area (Å²) in [7, 11) is 1.55. The molecule has 2 aromatic rings. The molecule has 0 bridgehead atoms. The lowest BCUT2D eigenvalue weighted by atomic mass is 10.0. The highest BCUT2D eigenvalue weighted by molar-refractivity contribution is 6.33. The first-order valence-electron chi connectivity index (χ1n) is 6.11. The predicted octanol–water partition coefficient (Wildman–Crippen LogP) is 4.31. The lowest BCUT2D eigenvalue weighted by molar-refractivity contribution is 0.0986. The van der Waals surface area contributed by atoms with Gasteiger partial charge in [0.25, 0.3) is 0 Å². The molecular weight excluding hydrogens is 279 g/mol. The number of methoxy groups -OCH3 is 1. The van der Waals surface area contributed by atoms with Gasteiger partial charge in [0.2, 0.25) is 0 Å². The number of carbonyl (C=O) groups is 1. The minimum atomic E-state index is -0.844. The van der Waals surface area contributed by atoms with Crippen molar-refractivity contribution in [2.24, 2.45) is 0 Å². The van der Waals surface area contributed by atoms with E-state index < -0.39 is 5.38 Å². The van der Waals surface area contributed by atoms with Gasteiger partial charge < -0.3 is 4.74 Å². The summed E-state index contributed by atoms with van der Waals surface area (Å²) in [5.41, 5.74) is 1.98. The highest BCUT2D eigenvalue weighted by Gasteiger charge is 2.20. The normalized spacial score (nSPS) is 12.0. The molecule has 0 aliphatic carbocycles. The molecule has 0 amide bonds. The molecule has 0 aliphatic rings. The van der Waals surface area contributed by atoms with Crippen molar-refractivity contribution in [1.29, 1.82) is 0 Å². The summed E-state index contributed by atoms with van der Waals surface area (Å²) in [6, 6.07) is 10.8. The van der Waals surface area contributed by atoms with E-state index in [2.05, 4.69) is 0 Å². The van der Waals surface area contributed by atoms with Gasteiger partial charge in [0.1, 0.15) is 16.9 Å². The fourth-order valence-electron chi connectivity index (χ4n) is 1.90. The molecule has 0 N–H and O–H groups in total. The van der Waals surface area contributed by atoms with E-state index in [9.17, 15) is 9.18 Å². The first-order valence-corrected chi connectivity index (χ1v) is 6.55. The SMILES string of the molecule is COc1cc(C(=O)C(Cl)c2ccc(F)cc2)ccc1C. The Kier molecular flexibility index (Phi) is 4.40. The van der Waals surface area contributed by atoms with Crippen molar-refractivity contribution in [3.8, 4) is 5.75 Å². The average Bonchev–Trinajstić information content (AvgIpc) is 2.47. The maximum Gasteiger partial charge on any atom is 0.185 e. The molecule has 2 nitrogen and oxygen atoms in total.